The van der Waals surface area contributed by atoms with E-state index >= 15 is 0 Å². The zero-order chi connectivity index (χ0) is 13.9. The van der Waals surface area contributed by atoms with Crippen molar-refractivity contribution in [3.63, 3.8) is 0 Å². The van der Waals surface area contributed by atoms with Crippen LogP contribution in [0.1, 0.15) is 52.4 Å². The molecule has 1 rings (SSSR count). The minimum absolute atomic E-state index is 0.184. The van der Waals surface area contributed by atoms with Crippen LogP contribution < -0.4 is 15.8 Å². The molecule has 0 aliphatic rings. The van der Waals surface area contributed by atoms with E-state index in [-0.39, 0.29) is 12.0 Å². The topological polar surface area (TPSA) is 86.0 Å². The van der Waals surface area contributed by atoms with Crippen molar-refractivity contribution in [3.05, 3.63) is 0 Å². The van der Waals surface area contributed by atoms with E-state index in [1.54, 1.807) is 0 Å². The van der Waals surface area contributed by atoms with Crippen molar-refractivity contribution in [2.45, 2.75) is 52.4 Å². The molecule has 0 radical (unpaired) electrons. The van der Waals surface area contributed by atoms with Gasteiger partial charge in [-0.2, -0.15) is 15.0 Å². The highest BCUT2D eigenvalue weighted by molar-refractivity contribution is 5.32. The van der Waals surface area contributed by atoms with Crippen LogP contribution in [0.3, 0.4) is 0 Å². The maximum atomic E-state index is 5.59. The quantitative estimate of drug-likeness (QED) is 0.634. The molecule has 108 valence electrons. The number of unbranched alkanes of at least 4 members (excludes halogenated alkanes) is 5. The van der Waals surface area contributed by atoms with Crippen LogP contribution in [0.2, 0.25) is 0 Å². The van der Waals surface area contributed by atoms with Crippen LogP contribution in [0.15, 0.2) is 0 Å². The predicted octanol–water partition coefficient (Wildman–Crippen LogP) is 2.62. The molecule has 0 aliphatic heterocycles. The molecule has 0 aromatic carbocycles. The van der Waals surface area contributed by atoms with Crippen molar-refractivity contribution in [3.8, 4) is 6.01 Å². The van der Waals surface area contributed by atoms with Crippen LogP contribution in [-0.4, -0.2) is 28.1 Å². The highest BCUT2D eigenvalue weighted by atomic mass is 16.5. The molecule has 0 unspecified atom stereocenters. The molecule has 0 amide bonds. The summed E-state index contributed by atoms with van der Waals surface area (Å²) in [4.78, 5) is 12.1. The number of nitrogen functional groups attached to an aromatic ring is 1. The second-order valence-electron chi connectivity index (χ2n) is 4.43. The van der Waals surface area contributed by atoms with Crippen molar-refractivity contribution in [2.24, 2.45) is 0 Å². The molecule has 1 aromatic rings. The van der Waals surface area contributed by atoms with Gasteiger partial charge < -0.3 is 15.8 Å². The number of hydrogen-bond acceptors (Lipinski definition) is 6. The third-order valence-electron chi connectivity index (χ3n) is 2.72. The Morgan fingerprint density at radius 1 is 1.00 bits per heavy atom. The van der Waals surface area contributed by atoms with E-state index in [1.807, 2.05) is 6.92 Å². The molecule has 0 atom stereocenters. The Hall–Kier alpha value is -1.59. The minimum Gasteiger partial charge on any atom is -0.464 e. The number of nitrogens with one attached hydrogen (secondary N) is 1. The van der Waals surface area contributed by atoms with Crippen molar-refractivity contribution in [2.75, 3.05) is 24.2 Å². The second kappa shape index (κ2) is 9.35. The Labute approximate surface area is 115 Å². The van der Waals surface area contributed by atoms with Gasteiger partial charge in [0.15, 0.2) is 0 Å². The number of hydrogen-bond donors (Lipinski definition) is 2. The first-order valence-electron chi connectivity index (χ1n) is 7.14. The van der Waals surface area contributed by atoms with Gasteiger partial charge in [0.05, 0.1) is 6.61 Å². The van der Waals surface area contributed by atoms with Crippen molar-refractivity contribution < 1.29 is 4.74 Å². The molecule has 6 heteroatoms. The van der Waals surface area contributed by atoms with Gasteiger partial charge in [0.2, 0.25) is 11.9 Å². The van der Waals surface area contributed by atoms with Crippen molar-refractivity contribution >= 4 is 11.9 Å². The third-order valence-corrected chi connectivity index (χ3v) is 2.72. The number of nitrogens with zero attached hydrogens (tertiary/aromatic N) is 3. The fourth-order valence-corrected chi connectivity index (χ4v) is 1.75. The summed E-state index contributed by atoms with van der Waals surface area (Å²) in [7, 11) is 0. The molecule has 0 aliphatic carbocycles. The average Bonchev–Trinajstić information content (AvgIpc) is 2.37. The number of ether oxygens (including phenoxy) is 1. The second-order valence-corrected chi connectivity index (χ2v) is 4.43. The SMILES string of the molecule is CCCCCCCCNc1nc(N)nc(OCC)n1. The highest BCUT2D eigenvalue weighted by Gasteiger charge is 2.04. The lowest BCUT2D eigenvalue weighted by molar-refractivity contribution is 0.312. The highest BCUT2D eigenvalue weighted by Crippen LogP contribution is 2.09. The molecule has 0 bridgehead atoms. The van der Waals surface area contributed by atoms with Crippen LogP contribution in [0, 0.1) is 0 Å². The summed E-state index contributed by atoms with van der Waals surface area (Å²) in [5, 5.41) is 3.15. The van der Waals surface area contributed by atoms with Crippen LogP contribution in [0.25, 0.3) is 0 Å². The zero-order valence-corrected chi connectivity index (χ0v) is 12.0. The smallest absolute Gasteiger partial charge is 0.323 e. The summed E-state index contributed by atoms with van der Waals surface area (Å²) in [6.07, 6.45) is 7.56. The van der Waals surface area contributed by atoms with Crippen LogP contribution in [0.5, 0.6) is 6.01 Å². The van der Waals surface area contributed by atoms with E-state index in [2.05, 4.69) is 27.2 Å². The van der Waals surface area contributed by atoms with Gasteiger partial charge in [-0.25, -0.2) is 0 Å². The van der Waals surface area contributed by atoms with Crippen LogP contribution in [-0.2, 0) is 0 Å². The molecular formula is C13H25N5O. The van der Waals surface area contributed by atoms with E-state index in [4.69, 9.17) is 10.5 Å². The lowest BCUT2D eigenvalue weighted by Gasteiger charge is -2.07. The van der Waals surface area contributed by atoms with E-state index in [1.165, 1.54) is 32.1 Å². The Morgan fingerprint density at radius 2 is 1.74 bits per heavy atom. The standard InChI is InChI=1S/C13H25N5O/c1-3-5-6-7-8-9-10-15-12-16-11(14)17-13(18-12)19-4-2/h3-10H2,1-2H3,(H3,14,15,16,17,18). The maximum Gasteiger partial charge on any atom is 0.323 e. The summed E-state index contributed by atoms with van der Waals surface area (Å²) in [6.45, 7) is 5.47. The molecule has 1 heterocycles. The Kier molecular flexibility index (Phi) is 7.62. The first-order valence-corrected chi connectivity index (χ1v) is 7.14. The molecule has 0 saturated carbocycles. The van der Waals surface area contributed by atoms with Gasteiger partial charge in [-0.1, -0.05) is 39.0 Å². The molecule has 0 fully saturated rings. The van der Waals surface area contributed by atoms with Crippen LogP contribution in [0.4, 0.5) is 11.9 Å². The summed E-state index contributed by atoms with van der Waals surface area (Å²) < 4.78 is 5.22. The minimum atomic E-state index is 0.184. The Balaban J connectivity index is 2.25. The van der Waals surface area contributed by atoms with Gasteiger partial charge in [-0.15, -0.1) is 0 Å². The lowest BCUT2D eigenvalue weighted by atomic mass is 10.1. The molecule has 19 heavy (non-hydrogen) atoms. The number of rotatable bonds is 10. The summed E-state index contributed by atoms with van der Waals surface area (Å²) >= 11 is 0. The molecular weight excluding hydrogens is 242 g/mol. The fraction of sp³-hybridized carbons (Fsp3) is 0.769. The van der Waals surface area contributed by atoms with Gasteiger partial charge >= 0.3 is 6.01 Å². The molecule has 0 spiro atoms. The van der Waals surface area contributed by atoms with Crippen LogP contribution >= 0.6 is 0 Å². The zero-order valence-electron chi connectivity index (χ0n) is 12.0. The maximum absolute atomic E-state index is 5.59. The summed E-state index contributed by atoms with van der Waals surface area (Å²) in [5.41, 5.74) is 5.59. The normalized spacial score (nSPS) is 10.4. The first kappa shape index (κ1) is 15.5. The summed E-state index contributed by atoms with van der Waals surface area (Å²) in [6, 6.07) is 0.278. The van der Waals surface area contributed by atoms with E-state index in [0.717, 1.165) is 13.0 Å². The van der Waals surface area contributed by atoms with E-state index in [0.29, 0.717) is 12.6 Å². The first-order chi connectivity index (χ1) is 9.26. The molecule has 1 aromatic heterocycles. The van der Waals surface area contributed by atoms with E-state index < -0.39 is 0 Å². The third kappa shape index (κ3) is 6.79. The van der Waals surface area contributed by atoms with Gasteiger partial charge in [0.25, 0.3) is 0 Å². The average molecular weight is 267 g/mol. The van der Waals surface area contributed by atoms with Gasteiger partial charge in [0, 0.05) is 6.54 Å². The van der Waals surface area contributed by atoms with Gasteiger partial charge in [-0.05, 0) is 13.3 Å². The molecule has 0 saturated heterocycles. The molecule has 3 N–H and O–H groups in total. The van der Waals surface area contributed by atoms with Crippen molar-refractivity contribution in [1.29, 1.82) is 0 Å². The van der Waals surface area contributed by atoms with Crippen molar-refractivity contribution in [1.82, 2.24) is 15.0 Å². The van der Waals surface area contributed by atoms with E-state index in [9.17, 15) is 0 Å². The van der Waals surface area contributed by atoms with Gasteiger partial charge in [0.1, 0.15) is 0 Å². The number of aromatic nitrogens is 3. The Bertz CT molecular complexity index is 359. The monoisotopic (exact) mass is 267 g/mol. The Morgan fingerprint density at radius 3 is 2.47 bits per heavy atom. The molecule has 6 nitrogen and oxygen atoms in total. The number of nitrogens with two attached hydrogens (primary N) is 1. The predicted molar refractivity (Wildman–Crippen MR) is 77.3 cm³/mol. The fourth-order valence-electron chi connectivity index (χ4n) is 1.75. The lowest BCUT2D eigenvalue weighted by Crippen LogP contribution is -2.10. The van der Waals surface area contributed by atoms with Gasteiger partial charge in [-0.3, -0.25) is 0 Å². The largest absolute Gasteiger partial charge is 0.464 e. The number of anilines is 2. The summed E-state index contributed by atoms with van der Waals surface area (Å²) in [5.74, 6) is 0.674.